The van der Waals surface area contributed by atoms with Crippen LogP contribution in [-0.4, -0.2) is 34.0 Å². The highest BCUT2D eigenvalue weighted by Gasteiger charge is 2.27. The molecule has 1 saturated heterocycles. The first kappa shape index (κ1) is 15.8. The van der Waals surface area contributed by atoms with Crippen LogP contribution < -0.4 is 0 Å². The number of fused-ring (bicyclic) bond motifs is 1. The Kier molecular flexibility index (Phi) is 4.20. The second-order valence-corrected chi connectivity index (χ2v) is 6.41. The van der Waals surface area contributed by atoms with Crippen molar-refractivity contribution in [3.63, 3.8) is 0 Å². The molecule has 1 N–H and O–H groups in total. The minimum absolute atomic E-state index is 0.215. The van der Waals surface area contributed by atoms with Crippen molar-refractivity contribution in [2.24, 2.45) is 0 Å². The Labute approximate surface area is 146 Å². The van der Waals surface area contributed by atoms with Gasteiger partial charge in [0.05, 0.1) is 11.2 Å². The van der Waals surface area contributed by atoms with Gasteiger partial charge in [-0.25, -0.2) is 4.98 Å². The van der Waals surface area contributed by atoms with Crippen molar-refractivity contribution >= 4 is 16.8 Å². The predicted octanol–water partition coefficient (Wildman–Crippen LogP) is 3.56. The average molecular weight is 332 g/mol. The van der Waals surface area contributed by atoms with Gasteiger partial charge in [-0.1, -0.05) is 48.5 Å². The molecule has 1 unspecified atom stereocenters. The van der Waals surface area contributed by atoms with E-state index in [2.05, 4.69) is 0 Å². The van der Waals surface area contributed by atoms with Crippen LogP contribution in [0.2, 0.25) is 0 Å². The van der Waals surface area contributed by atoms with Crippen molar-refractivity contribution in [2.75, 3.05) is 13.1 Å². The zero-order valence-corrected chi connectivity index (χ0v) is 13.9. The smallest absolute Gasteiger partial charge is 0.256 e. The molecule has 2 heterocycles. The van der Waals surface area contributed by atoms with Crippen LogP contribution in [0.15, 0.2) is 60.7 Å². The first-order valence-corrected chi connectivity index (χ1v) is 8.66. The third-order valence-corrected chi connectivity index (χ3v) is 4.76. The quantitative estimate of drug-likeness (QED) is 0.798. The van der Waals surface area contributed by atoms with E-state index in [1.165, 1.54) is 0 Å². The van der Waals surface area contributed by atoms with Gasteiger partial charge in [-0.05, 0) is 25.0 Å². The van der Waals surface area contributed by atoms with Crippen molar-refractivity contribution in [3.05, 3.63) is 66.2 Å². The Morgan fingerprint density at radius 1 is 1.00 bits per heavy atom. The van der Waals surface area contributed by atoms with Crippen LogP contribution in [0.3, 0.4) is 0 Å². The topological polar surface area (TPSA) is 53.4 Å². The number of nitrogens with zero attached hydrogens (tertiary/aromatic N) is 2. The van der Waals surface area contributed by atoms with E-state index in [1.807, 2.05) is 60.7 Å². The van der Waals surface area contributed by atoms with Crippen LogP contribution in [0.25, 0.3) is 22.2 Å². The highest BCUT2D eigenvalue weighted by Crippen LogP contribution is 2.30. The molecule has 2 aromatic carbocycles. The third kappa shape index (κ3) is 3.01. The maximum atomic E-state index is 12.7. The number of likely N-dealkylation sites (tertiary alicyclic amines) is 1. The number of aliphatic hydroxyl groups excluding tert-OH is 1. The number of pyridine rings is 1. The van der Waals surface area contributed by atoms with Gasteiger partial charge in [0, 0.05) is 29.6 Å². The van der Waals surface area contributed by atoms with Crippen molar-refractivity contribution in [1.82, 2.24) is 9.88 Å². The zero-order valence-electron chi connectivity index (χ0n) is 13.9. The first-order valence-electron chi connectivity index (χ1n) is 8.66. The van der Waals surface area contributed by atoms with Crippen LogP contribution in [0.5, 0.6) is 0 Å². The number of aliphatic hydroxyl groups is 1. The summed E-state index contributed by atoms with van der Waals surface area (Å²) in [4.78, 5) is 19.2. The number of hydrogen-bond donors (Lipinski definition) is 1. The minimum atomic E-state index is -1.16. The third-order valence-electron chi connectivity index (χ3n) is 4.76. The lowest BCUT2D eigenvalue weighted by Gasteiger charge is -2.21. The number of benzene rings is 2. The molecule has 1 aliphatic heterocycles. The SMILES string of the molecule is O=C(C(O)c1cc(-c2ccccc2)nc2ccccc12)N1CCCC1. The molecule has 1 aromatic heterocycles. The van der Waals surface area contributed by atoms with Gasteiger partial charge < -0.3 is 10.0 Å². The van der Waals surface area contributed by atoms with E-state index in [9.17, 15) is 9.90 Å². The molecule has 3 aromatic rings. The summed E-state index contributed by atoms with van der Waals surface area (Å²) in [6.07, 6.45) is 0.851. The monoisotopic (exact) mass is 332 g/mol. The van der Waals surface area contributed by atoms with E-state index in [1.54, 1.807) is 4.90 Å². The number of carbonyl (C=O) groups excluding carboxylic acids is 1. The normalized spacial score (nSPS) is 15.5. The molecule has 1 fully saturated rings. The minimum Gasteiger partial charge on any atom is -0.378 e. The highest BCUT2D eigenvalue weighted by atomic mass is 16.3. The van der Waals surface area contributed by atoms with Gasteiger partial charge in [-0.2, -0.15) is 0 Å². The second kappa shape index (κ2) is 6.65. The van der Waals surface area contributed by atoms with Crippen LogP contribution in [-0.2, 0) is 4.79 Å². The second-order valence-electron chi connectivity index (χ2n) is 6.41. The van der Waals surface area contributed by atoms with E-state index < -0.39 is 6.10 Å². The summed E-state index contributed by atoms with van der Waals surface area (Å²) in [7, 11) is 0. The zero-order chi connectivity index (χ0) is 17.2. The van der Waals surface area contributed by atoms with E-state index in [-0.39, 0.29) is 5.91 Å². The van der Waals surface area contributed by atoms with Gasteiger partial charge in [0.25, 0.3) is 5.91 Å². The molecule has 25 heavy (non-hydrogen) atoms. The van der Waals surface area contributed by atoms with Gasteiger partial charge in [-0.15, -0.1) is 0 Å². The molecule has 4 rings (SSSR count). The average Bonchev–Trinajstić information content (AvgIpc) is 3.21. The van der Waals surface area contributed by atoms with Crippen molar-refractivity contribution < 1.29 is 9.90 Å². The molecule has 1 aliphatic rings. The molecule has 0 radical (unpaired) electrons. The number of amides is 1. The molecule has 0 saturated carbocycles. The van der Waals surface area contributed by atoms with Crippen LogP contribution in [0.1, 0.15) is 24.5 Å². The van der Waals surface area contributed by atoms with Gasteiger partial charge >= 0.3 is 0 Å². The van der Waals surface area contributed by atoms with E-state index in [0.717, 1.165) is 48.1 Å². The largest absolute Gasteiger partial charge is 0.378 e. The Hall–Kier alpha value is -2.72. The Morgan fingerprint density at radius 2 is 1.68 bits per heavy atom. The number of hydrogen-bond acceptors (Lipinski definition) is 3. The fourth-order valence-corrected chi connectivity index (χ4v) is 3.43. The molecule has 4 nitrogen and oxygen atoms in total. The van der Waals surface area contributed by atoms with Crippen LogP contribution in [0.4, 0.5) is 0 Å². The number of para-hydroxylation sites is 1. The maximum absolute atomic E-state index is 12.7. The van der Waals surface area contributed by atoms with Gasteiger partial charge in [0.2, 0.25) is 0 Å². The molecular formula is C21H20N2O2. The fraction of sp³-hybridized carbons (Fsp3) is 0.238. The van der Waals surface area contributed by atoms with Gasteiger partial charge in [-0.3, -0.25) is 4.79 Å². The Balaban J connectivity index is 1.82. The van der Waals surface area contributed by atoms with Crippen molar-refractivity contribution in [1.29, 1.82) is 0 Å². The maximum Gasteiger partial charge on any atom is 0.256 e. The summed E-state index contributed by atoms with van der Waals surface area (Å²) in [5.74, 6) is -0.215. The first-order chi connectivity index (χ1) is 12.2. The fourth-order valence-electron chi connectivity index (χ4n) is 3.43. The molecule has 0 bridgehead atoms. The summed E-state index contributed by atoms with van der Waals surface area (Å²) in [5.41, 5.74) is 3.14. The summed E-state index contributed by atoms with van der Waals surface area (Å²) in [6, 6.07) is 19.3. The van der Waals surface area contributed by atoms with Crippen molar-refractivity contribution in [3.8, 4) is 11.3 Å². The predicted molar refractivity (Wildman–Crippen MR) is 98.0 cm³/mol. The van der Waals surface area contributed by atoms with Crippen molar-refractivity contribution in [2.45, 2.75) is 18.9 Å². The molecule has 4 heteroatoms. The van der Waals surface area contributed by atoms with E-state index in [4.69, 9.17) is 4.98 Å². The highest BCUT2D eigenvalue weighted by molar-refractivity contribution is 5.92. The molecule has 1 amide bonds. The summed E-state index contributed by atoms with van der Waals surface area (Å²) in [5, 5.41) is 11.6. The summed E-state index contributed by atoms with van der Waals surface area (Å²) < 4.78 is 0. The molecular weight excluding hydrogens is 312 g/mol. The lowest BCUT2D eigenvalue weighted by atomic mass is 9.99. The summed E-state index contributed by atoms with van der Waals surface area (Å²) >= 11 is 0. The Bertz CT molecular complexity index is 902. The lowest BCUT2D eigenvalue weighted by Crippen LogP contribution is -2.32. The molecule has 126 valence electrons. The lowest BCUT2D eigenvalue weighted by molar-refractivity contribution is -0.139. The number of rotatable bonds is 3. The van der Waals surface area contributed by atoms with Gasteiger partial charge in [0.15, 0.2) is 6.10 Å². The van der Waals surface area contributed by atoms with E-state index in [0.29, 0.717) is 5.56 Å². The summed E-state index contributed by atoms with van der Waals surface area (Å²) in [6.45, 7) is 1.45. The Morgan fingerprint density at radius 3 is 2.44 bits per heavy atom. The van der Waals surface area contributed by atoms with Gasteiger partial charge in [0.1, 0.15) is 0 Å². The number of aromatic nitrogens is 1. The standard InChI is InChI=1S/C21H20N2O2/c24-20(21(25)23-12-6-7-13-23)17-14-19(15-8-2-1-3-9-15)22-18-11-5-4-10-16(17)18/h1-5,8-11,14,20,24H,6-7,12-13H2. The van der Waals surface area contributed by atoms with Crippen LogP contribution >= 0.6 is 0 Å². The molecule has 1 atom stereocenters. The number of carbonyl (C=O) groups is 1. The molecule has 0 spiro atoms. The van der Waals surface area contributed by atoms with Crippen LogP contribution in [0, 0.1) is 0 Å². The van der Waals surface area contributed by atoms with E-state index >= 15 is 0 Å². The molecule has 0 aliphatic carbocycles.